The van der Waals surface area contributed by atoms with Crippen LogP contribution in [0.3, 0.4) is 0 Å². The van der Waals surface area contributed by atoms with Crippen molar-refractivity contribution in [3.05, 3.63) is 40.7 Å². The van der Waals surface area contributed by atoms with Crippen LogP contribution >= 0.6 is 0 Å². The van der Waals surface area contributed by atoms with Crippen LogP contribution in [0.25, 0.3) is 10.8 Å². The van der Waals surface area contributed by atoms with Crippen LogP contribution in [0.1, 0.15) is 6.42 Å². The van der Waals surface area contributed by atoms with Crippen LogP contribution in [0.5, 0.6) is 0 Å². The van der Waals surface area contributed by atoms with Crippen LogP contribution in [0, 0.1) is 10.1 Å². The Balaban J connectivity index is 2.23. The number of pyridine rings is 1. The molecule has 0 saturated heterocycles. The molecule has 0 aliphatic heterocycles. The van der Waals surface area contributed by atoms with Crippen LogP contribution in [-0.4, -0.2) is 41.4 Å². The highest BCUT2D eigenvalue weighted by Gasteiger charge is 2.14. The first kappa shape index (κ1) is 14.7. The number of nitro benzene ring substituents is 1. The molecule has 110 valence electrons. The van der Waals surface area contributed by atoms with E-state index in [-0.39, 0.29) is 11.6 Å². The summed E-state index contributed by atoms with van der Waals surface area (Å²) in [5.41, 5.74) is 0.776. The van der Waals surface area contributed by atoms with E-state index in [1.807, 2.05) is 0 Å². The lowest BCUT2D eigenvalue weighted by Crippen LogP contribution is -2.23. The molecule has 1 N–H and O–H groups in total. The van der Waals surface area contributed by atoms with Gasteiger partial charge in [0.15, 0.2) is 0 Å². The topological polar surface area (TPSA) is 88.4 Å². The Kier molecular flexibility index (Phi) is 4.32. The quantitative estimate of drug-likeness (QED) is 0.671. The number of fused-ring (bicyclic) bond motifs is 1. The van der Waals surface area contributed by atoms with Gasteiger partial charge in [0.1, 0.15) is 0 Å². The van der Waals surface area contributed by atoms with Crippen LogP contribution < -0.4 is 5.32 Å². The molecule has 0 atom stereocenters. The van der Waals surface area contributed by atoms with Crippen molar-refractivity contribution in [1.29, 1.82) is 0 Å². The van der Waals surface area contributed by atoms with Crippen molar-refractivity contribution in [3.8, 4) is 0 Å². The minimum absolute atomic E-state index is 0.0202. The molecule has 0 fully saturated rings. The molecule has 2 aromatic rings. The van der Waals surface area contributed by atoms with Gasteiger partial charge in [-0.05, 0) is 12.1 Å². The zero-order chi connectivity index (χ0) is 15.4. The predicted octanol–water partition coefficient (Wildman–Crippen LogP) is 2.03. The first-order valence-corrected chi connectivity index (χ1v) is 6.46. The molecule has 0 radical (unpaired) electrons. The summed E-state index contributed by atoms with van der Waals surface area (Å²) in [6.45, 7) is 0.457. The average molecular weight is 288 g/mol. The zero-order valence-electron chi connectivity index (χ0n) is 11.9. The number of aromatic nitrogens is 1. The van der Waals surface area contributed by atoms with Gasteiger partial charge in [0.2, 0.25) is 5.91 Å². The SMILES string of the molecule is CN(C)C(=O)CCNc1ccc([N+](=O)[O-])c2ccncc12. The van der Waals surface area contributed by atoms with E-state index in [1.54, 1.807) is 32.4 Å². The number of amides is 1. The number of rotatable bonds is 5. The first-order valence-electron chi connectivity index (χ1n) is 6.46. The van der Waals surface area contributed by atoms with E-state index in [4.69, 9.17) is 0 Å². The Morgan fingerprint density at radius 2 is 2.10 bits per heavy atom. The number of non-ortho nitro benzene ring substituents is 1. The second-order valence-corrected chi connectivity index (χ2v) is 4.78. The van der Waals surface area contributed by atoms with Gasteiger partial charge >= 0.3 is 0 Å². The van der Waals surface area contributed by atoms with Gasteiger partial charge in [-0.15, -0.1) is 0 Å². The number of carbonyl (C=O) groups excluding carboxylic acids is 1. The Morgan fingerprint density at radius 3 is 2.76 bits per heavy atom. The third kappa shape index (κ3) is 3.25. The van der Waals surface area contributed by atoms with Crippen molar-refractivity contribution in [3.63, 3.8) is 0 Å². The number of nitrogens with one attached hydrogen (secondary N) is 1. The van der Waals surface area contributed by atoms with Gasteiger partial charge in [-0.1, -0.05) is 0 Å². The highest BCUT2D eigenvalue weighted by molar-refractivity contribution is 5.99. The molecule has 7 nitrogen and oxygen atoms in total. The van der Waals surface area contributed by atoms with Gasteiger partial charge in [0, 0.05) is 56.6 Å². The van der Waals surface area contributed by atoms with Crippen LogP contribution in [-0.2, 0) is 4.79 Å². The maximum Gasteiger partial charge on any atom is 0.277 e. The number of benzene rings is 1. The Bertz CT molecular complexity index is 685. The lowest BCUT2D eigenvalue weighted by molar-refractivity contribution is -0.383. The maximum absolute atomic E-state index is 11.5. The van der Waals surface area contributed by atoms with Crippen LogP contribution in [0.2, 0.25) is 0 Å². The normalized spacial score (nSPS) is 10.4. The number of nitrogens with zero attached hydrogens (tertiary/aromatic N) is 3. The molecule has 1 amide bonds. The molecular weight excluding hydrogens is 272 g/mol. The standard InChI is InChI=1S/C14H16N4O3/c1-17(2)14(19)6-8-16-12-3-4-13(18(20)21)10-5-7-15-9-11(10)12/h3-5,7,9,16H,6,8H2,1-2H3. The molecule has 0 aliphatic rings. The highest BCUT2D eigenvalue weighted by atomic mass is 16.6. The lowest BCUT2D eigenvalue weighted by atomic mass is 10.1. The molecule has 21 heavy (non-hydrogen) atoms. The number of anilines is 1. The summed E-state index contributed by atoms with van der Waals surface area (Å²) in [6, 6.07) is 4.71. The molecule has 0 spiro atoms. The summed E-state index contributed by atoms with van der Waals surface area (Å²) in [5.74, 6) is 0.0202. The second-order valence-electron chi connectivity index (χ2n) is 4.78. The Hall–Kier alpha value is -2.70. The lowest BCUT2D eigenvalue weighted by Gasteiger charge is -2.12. The van der Waals surface area contributed by atoms with E-state index < -0.39 is 4.92 Å². The van der Waals surface area contributed by atoms with Crippen molar-refractivity contribution in [2.75, 3.05) is 26.0 Å². The minimum Gasteiger partial charge on any atom is -0.384 e. The number of hydrogen-bond donors (Lipinski definition) is 1. The third-order valence-electron chi connectivity index (χ3n) is 3.14. The smallest absolute Gasteiger partial charge is 0.277 e. The summed E-state index contributed by atoms with van der Waals surface area (Å²) in [5, 5.41) is 15.3. The van der Waals surface area contributed by atoms with E-state index in [1.165, 1.54) is 17.2 Å². The average Bonchev–Trinajstić information content (AvgIpc) is 2.46. The van der Waals surface area contributed by atoms with Crippen molar-refractivity contribution in [2.24, 2.45) is 0 Å². The van der Waals surface area contributed by atoms with Crippen LogP contribution in [0.15, 0.2) is 30.6 Å². The molecule has 0 saturated carbocycles. The number of hydrogen-bond acceptors (Lipinski definition) is 5. The molecule has 0 aliphatic carbocycles. The summed E-state index contributed by atoms with van der Waals surface area (Å²) in [4.78, 5) is 27.7. The Morgan fingerprint density at radius 1 is 1.33 bits per heavy atom. The number of nitro groups is 1. The van der Waals surface area contributed by atoms with E-state index in [2.05, 4.69) is 10.3 Å². The molecule has 0 bridgehead atoms. The summed E-state index contributed by atoms with van der Waals surface area (Å²) < 4.78 is 0. The van der Waals surface area contributed by atoms with Gasteiger partial charge in [-0.25, -0.2) is 0 Å². The fourth-order valence-electron chi connectivity index (χ4n) is 2.02. The summed E-state index contributed by atoms with van der Waals surface area (Å²) >= 11 is 0. The highest BCUT2D eigenvalue weighted by Crippen LogP contribution is 2.30. The minimum atomic E-state index is -0.415. The van der Waals surface area contributed by atoms with E-state index in [9.17, 15) is 14.9 Å². The van der Waals surface area contributed by atoms with Gasteiger partial charge < -0.3 is 10.2 Å². The zero-order valence-corrected chi connectivity index (χ0v) is 11.9. The van der Waals surface area contributed by atoms with Crippen LogP contribution in [0.4, 0.5) is 11.4 Å². The second kappa shape index (κ2) is 6.17. The molecule has 2 rings (SSSR count). The van der Waals surface area contributed by atoms with Gasteiger partial charge in [0.25, 0.3) is 5.69 Å². The molecule has 1 aromatic carbocycles. The Labute approximate surface area is 121 Å². The molecule has 0 unspecified atom stereocenters. The first-order chi connectivity index (χ1) is 10.0. The molecule has 7 heteroatoms. The van der Waals surface area contributed by atoms with Crippen molar-refractivity contribution >= 4 is 28.1 Å². The van der Waals surface area contributed by atoms with Crippen molar-refractivity contribution < 1.29 is 9.72 Å². The summed E-state index contributed by atoms with van der Waals surface area (Å²) in [7, 11) is 3.40. The van der Waals surface area contributed by atoms with Gasteiger partial charge in [-0.2, -0.15) is 0 Å². The number of carbonyl (C=O) groups is 1. The van der Waals surface area contributed by atoms with E-state index in [0.29, 0.717) is 23.7 Å². The van der Waals surface area contributed by atoms with E-state index in [0.717, 1.165) is 5.69 Å². The fourth-order valence-corrected chi connectivity index (χ4v) is 2.02. The fraction of sp³-hybridized carbons (Fsp3) is 0.286. The maximum atomic E-state index is 11.5. The third-order valence-corrected chi connectivity index (χ3v) is 3.14. The van der Waals surface area contributed by atoms with Crippen molar-refractivity contribution in [1.82, 2.24) is 9.88 Å². The van der Waals surface area contributed by atoms with Crippen molar-refractivity contribution in [2.45, 2.75) is 6.42 Å². The largest absolute Gasteiger partial charge is 0.384 e. The molecule has 1 heterocycles. The van der Waals surface area contributed by atoms with E-state index >= 15 is 0 Å². The molecule has 1 aromatic heterocycles. The van der Waals surface area contributed by atoms with Gasteiger partial charge in [-0.3, -0.25) is 19.9 Å². The molecular formula is C14H16N4O3. The summed E-state index contributed by atoms with van der Waals surface area (Å²) in [6.07, 6.45) is 3.46. The predicted molar refractivity (Wildman–Crippen MR) is 80.2 cm³/mol. The monoisotopic (exact) mass is 288 g/mol. The van der Waals surface area contributed by atoms with Gasteiger partial charge in [0.05, 0.1) is 10.3 Å².